The largest absolute Gasteiger partial charge is 0.457 e. The summed E-state index contributed by atoms with van der Waals surface area (Å²) in [6.07, 6.45) is 1.68. The lowest BCUT2D eigenvalue weighted by Gasteiger charge is -2.15. The zero-order valence-electron chi connectivity index (χ0n) is 19.4. The first-order valence-electron chi connectivity index (χ1n) is 11.4. The summed E-state index contributed by atoms with van der Waals surface area (Å²) in [5.74, 6) is 0.748. The first-order valence-corrected chi connectivity index (χ1v) is 12.6. The zero-order chi connectivity index (χ0) is 25.8. The molecule has 184 valence electrons. The molecule has 0 spiro atoms. The first kappa shape index (κ1) is 24.5. The molecule has 37 heavy (non-hydrogen) atoms. The van der Waals surface area contributed by atoms with Gasteiger partial charge in [0.15, 0.2) is 5.17 Å². The van der Waals surface area contributed by atoms with E-state index in [-0.39, 0.29) is 16.6 Å². The van der Waals surface area contributed by atoms with E-state index in [1.165, 1.54) is 23.9 Å². The number of nitro groups is 1. The Bertz CT molecular complexity index is 1520. The van der Waals surface area contributed by atoms with Crippen molar-refractivity contribution >= 4 is 46.2 Å². The van der Waals surface area contributed by atoms with E-state index in [0.717, 1.165) is 11.1 Å². The molecule has 3 aromatic carbocycles. The number of carbonyl (C=O) groups excluding carboxylic acids is 1. The number of nitro benzene ring substituents is 1. The number of amides is 1. The molecule has 1 saturated heterocycles. The third-order valence-corrected chi connectivity index (χ3v) is 7.00. The van der Waals surface area contributed by atoms with Gasteiger partial charge in [0.2, 0.25) is 0 Å². The molecule has 5 rings (SSSR count). The molecule has 4 aromatic rings. The highest BCUT2D eigenvalue weighted by Crippen LogP contribution is 2.36. The molecule has 1 fully saturated rings. The van der Waals surface area contributed by atoms with Crippen molar-refractivity contribution in [3.8, 4) is 11.3 Å². The predicted molar refractivity (Wildman–Crippen MR) is 146 cm³/mol. The lowest BCUT2D eigenvalue weighted by Crippen LogP contribution is -2.28. The third-order valence-electron chi connectivity index (χ3n) is 5.64. The number of benzene rings is 3. The molecule has 1 aromatic heterocycles. The van der Waals surface area contributed by atoms with E-state index >= 15 is 0 Å². The molecule has 0 N–H and O–H groups in total. The maximum absolute atomic E-state index is 13.4. The van der Waals surface area contributed by atoms with Crippen molar-refractivity contribution in [3.63, 3.8) is 0 Å². The van der Waals surface area contributed by atoms with Gasteiger partial charge in [-0.1, -0.05) is 72.3 Å². The van der Waals surface area contributed by atoms with Gasteiger partial charge >= 0.3 is 0 Å². The van der Waals surface area contributed by atoms with Crippen molar-refractivity contribution in [2.45, 2.75) is 13.1 Å². The van der Waals surface area contributed by atoms with Crippen molar-refractivity contribution in [1.29, 1.82) is 0 Å². The van der Waals surface area contributed by atoms with E-state index in [1.807, 2.05) is 60.7 Å². The van der Waals surface area contributed by atoms with Crippen LogP contribution in [0, 0.1) is 10.1 Å². The molecule has 1 amide bonds. The SMILES string of the molecule is O=C1C(=Cc2ccc(-c3ccc([N+](=O)[O-])cc3Cl)o2)SC(=NCc2ccccc2)N1Cc1ccccc1. The number of thioether (sulfide) groups is 1. The van der Waals surface area contributed by atoms with Crippen LogP contribution < -0.4 is 0 Å². The molecule has 0 atom stereocenters. The molecule has 9 heteroatoms. The topological polar surface area (TPSA) is 88.9 Å². The molecular formula is C28H20ClN3O4S. The maximum Gasteiger partial charge on any atom is 0.270 e. The van der Waals surface area contributed by atoms with Gasteiger partial charge in [0.25, 0.3) is 11.6 Å². The Kier molecular flexibility index (Phi) is 7.20. The van der Waals surface area contributed by atoms with Crippen LogP contribution in [0.4, 0.5) is 5.69 Å². The minimum absolute atomic E-state index is 0.101. The number of aliphatic imine (C=N–C) groups is 1. The molecule has 0 bridgehead atoms. The van der Waals surface area contributed by atoms with E-state index in [9.17, 15) is 14.9 Å². The molecule has 2 heterocycles. The fraction of sp³-hybridized carbons (Fsp3) is 0.0714. The fourth-order valence-corrected chi connectivity index (χ4v) is 5.02. The van der Waals surface area contributed by atoms with E-state index in [0.29, 0.717) is 40.2 Å². The van der Waals surface area contributed by atoms with Crippen LogP contribution in [0.2, 0.25) is 5.02 Å². The third kappa shape index (κ3) is 5.66. The highest BCUT2D eigenvalue weighted by molar-refractivity contribution is 8.18. The number of rotatable bonds is 7. The fourth-order valence-electron chi connectivity index (χ4n) is 3.80. The summed E-state index contributed by atoms with van der Waals surface area (Å²) in [7, 11) is 0. The van der Waals surface area contributed by atoms with E-state index in [2.05, 4.69) is 0 Å². The van der Waals surface area contributed by atoms with Crippen LogP contribution in [0.15, 0.2) is 105 Å². The molecule has 0 radical (unpaired) electrons. The summed E-state index contributed by atoms with van der Waals surface area (Å²) >= 11 is 7.55. The lowest BCUT2D eigenvalue weighted by molar-refractivity contribution is -0.384. The van der Waals surface area contributed by atoms with Gasteiger partial charge < -0.3 is 4.42 Å². The maximum atomic E-state index is 13.4. The first-order chi connectivity index (χ1) is 18.0. The van der Waals surface area contributed by atoms with Gasteiger partial charge in [-0.15, -0.1) is 0 Å². The highest BCUT2D eigenvalue weighted by atomic mass is 35.5. The smallest absolute Gasteiger partial charge is 0.270 e. The summed E-state index contributed by atoms with van der Waals surface area (Å²) in [5.41, 5.74) is 2.48. The van der Waals surface area contributed by atoms with E-state index in [4.69, 9.17) is 21.0 Å². The normalized spacial score (nSPS) is 15.6. The van der Waals surface area contributed by atoms with Gasteiger partial charge in [0.1, 0.15) is 11.5 Å². The van der Waals surface area contributed by atoms with Crippen molar-refractivity contribution < 1.29 is 14.1 Å². The van der Waals surface area contributed by atoms with Crippen LogP contribution in [0.25, 0.3) is 17.4 Å². The number of nitrogens with zero attached hydrogens (tertiary/aromatic N) is 3. The van der Waals surface area contributed by atoms with Crippen molar-refractivity contribution in [3.05, 3.63) is 128 Å². The quantitative estimate of drug-likeness (QED) is 0.144. The second-order valence-corrected chi connectivity index (χ2v) is 9.61. The van der Waals surface area contributed by atoms with Crippen LogP contribution in [0.5, 0.6) is 0 Å². The Morgan fingerprint density at radius 3 is 2.35 bits per heavy atom. The van der Waals surface area contributed by atoms with Gasteiger partial charge in [-0.25, -0.2) is 0 Å². The van der Waals surface area contributed by atoms with Gasteiger partial charge in [-0.2, -0.15) is 0 Å². The van der Waals surface area contributed by atoms with Crippen LogP contribution in [0.3, 0.4) is 0 Å². The molecule has 0 aliphatic carbocycles. The Morgan fingerprint density at radius 2 is 1.68 bits per heavy atom. The molecule has 1 aliphatic rings. The number of hydrogen-bond acceptors (Lipinski definition) is 6. The summed E-state index contributed by atoms with van der Waals surface area (Å²) in [6, 6.07) is 27.3. The Balaban J connectivity index is 1.42. The van der Waals surface area contributed by atoms with Crippen molar-refractivity contribution in [1.82, 2.24) is 4.90 Å². The standard InChI is InChI=1S/C28H20ClN3O4S/c29-24-15-21(32(34)35)11-13-23(24)25-14-12-22(36-25)16-26-27(33)31(18-20-9-5-2-6-10-20)28(37-26)30-17-19-7-3-1-4-8-19/h1-16H,17-18H2. The summed E-state index contributed by atoms with van der Waals surface area (Å²) in [4.78, 5) is 30.8. The molecule has 0 unspecified atom stereocenters. The predicted octanol–water partition coefficient (Wildman–Crippen LogP) is 7.18. The minimum atomic E-state index is -0.505. The average molecular weight is 530 g/mol. The minimum Gasteiger partial charge on any atom is -0.457 e. The number of non-ortho nitro benzene ring substituents is 1. The monoisotopic (exact) mass is 529 g/mol. The second-order valence-electron chi connectivity index (χ2n) is 8.20. The molecule has 1 aliphatic heterocycles. The van der Waals surface area contributed by atoms with Crippen molar-refractivity contribution in [2.75, 3.05) is 0 Å². The Hall–Kier alpha value is -4.14. The number of hydrogen-bond donors (Lipinski definition) is 0. The Morgan fingerprint density at radius 1 is 0.973 bits per heavy atom. The number of amidine groups is 1. The summed E-state index contributed by atoms with van der Waals surface area (Å²) in [5, 5.41) is 11.8. The van der Waals surface area contributed by atoms with Gasteiger partial charge in [-0.3, -0.25) is 24.8 Å². The average Bonchev–Trinajstić information content (AvgIpc) is 3.49. The zero-order valence-corrected chi connectivity index (χ0v) is 21.0. The van der Waals surface area contributed by atoms with Gasteiger partial charge in [-0.05, 0) is 41.1 Å². The molecular weight excluding hydrogens is 510 g/mol. The van der Waals surface area contributed by atoms with Crippen LogP contribution in [-0.2, 0) is 17.9 Å². The van der Waals surface area contributed by atoms with Gasteiger partial charge in [0.05, 0.1) is 27.9 Å². The van der Waals surface area contributed by atoms with Crippen molar-refractivity contribution in [2.24, 2.45) is 4.99 Å². The van der Waals surface area contributed by atoms with E-state index < -0.39 is 4.92 Å². The van der Waals surface area contributed by atoms with Crippen LogP contribution in [0.1, 0.15) is 16.9 Å². The Labute approximate surface area is 222 Å². The summed E-state index contributed by atoms with van der Waals surface area (Å²) < 4.78 is 5.92. The lowest BCUT2D eigenvalue weighted by atomic mass is 10.1. The van der Waals surface area contributed by atoms with Gasteiger partial charge in [0, 0.05) is 23.8 Å². The van der Waals surface area contributed by atoms with Crippen LogP contribution >= 0.6 is 23.4 Å². The second kappa shape index (κ2) is 10.9. The molecule has 7 nitrogen and oxygen atoms in total. The number of furan rings is 1. The van der Waals surface area contributed by atoms with Crippen LogP contribution in [-0.4, -0.2) is 20.9 Å². The summed E-state index contributed by atoms with van der Waals surface area (Å²) in [6.45, 7) is 0.859. The number of halogens is 1. The highest BCUT2D eigenvalue weighted by Gasteiger charge is 2.33. The van der Waals surface area contributed by atoms with E-state index in [1.54, 1.807) is 29.2 Å². The molecule has 0 saturated carbocycles. The number of carbonyl (C=O) groups is 1.